The first-order valence-corrected chi connectivity index (χ1v) is 12.6. The van der Waals surface area contributed by atoms with E-state index < -0.39 is 8.07 Å². The molecule has 136 valence electrons. The first-order chi connectivity index (χ1) is 13.5. The molecule has 0 spiro atoms. The molecule has 0 atom stereocenters. The van der Waals surface area contributed by atoms with E-state index in [1.165, 1.54) is 21.5 Å². The van der Waals surface area contributed by atoms with E-state index in [2.05, 4.69) is 65.5 Å². The monoisotopic (exact) mass is 379 g/mol. The highest BCUT2D eigenvalue weighted by molar-refractivity contribution is 7.03. The molecule has 0 unspecified atom stereocenters. The van der Waals surface area contributed by atoms with Gasteiger partial charge in [0.05, 0.1) is 0 Å². The van der Waals surface area contributed by atoms with Crippen molar-refractivity contribution in [1.29, 1.82) is 0 Å². The number of aryl methyl sites for hydroxylation is 1. The Morgan fingerprint density at radius 1 is 0.607 bits per heavy atom. The molecule has 1 aromatic heterocycles. The zero-order valence-electron chi connectivity index (χ0n) is 16.3. The molecule has 5 rings (SSSR count). The predicted octanol–water partition coefficient (Wildman–Crippen LogP) is 4.32. The minimum absolute atomic E-state index is 0.725. The van der Waals surface area contributed by atoms with Crippen molar-refractivity contribution < 1.29 is 0 Å². The fraction of sp³-hybridized carbons (Fsp3) is 0.125. The summed E-state index contributed by atoms with van der Waals surface area (Å²) in [6.07, 6.45) is 0. The number of nitrogens with zero attached hydrogens (tertiary/aromatic N) is 3. The highest BCUT2D eigenvalue weighted by atomic mass is 28.3. The third kappa shape index (κ3) is 2.60. The Kier molecular flexibility index (Phi) is 3.77. The van der Waals surface area contributed by atoms with Crippen LogP contribution in [0.4, 0.5) is 0 Å². The molecular formula is C24H21N3Si. The van der Waals surface area contributed by atoms with E-state index in [1.54, 1.807) is 0 Å². The van der Waals surface area contributed by atoms with Gasteiger partial charge in [-0.1, -0.05) is 85.9 Å². The van der Waals surface area contributed by atoms with Crippen LogP contribution < -0.4 is 10.4 Å². The molecule has 0 aliphatic carbocycles. The Hall–Kier alpha value is -3.11. The van der Waals surface area contributed by atoms with Crippen molar-refractivity contribution in [2.45, 2.75) is 20.0 Å². The van der Waals surface area contributed by atoms with Gasteiger partial charge in [0.1, 0.15) is 13.9 Å². The average molecular weight is 380 g/mol. The molecule has 0 saturated carbocycles. The van der Waals surface area contributed by atoms with E-state index in [-0.39, 0.29) is 0 Å². The molecule has 3 aromatic carbocycles. The fourth-order valence-electron chi connectivity index (χ4n) is 4.17. The number of fused-ring (bicyclic) bond motifs is 3. The molecule has 4 aromatic rings. The van der Waals surface area contributed by atoms with Crippen molar-refractivity contribution in [3.8, 4) is 33.9 Å². The lowest BCUT2D eigenvalue weighted by molar-refractivity contribution is 0.992. The Morgan fingerprint density at radius 3 is 2.04 bits per heavy atom. The first kappa shape index (κ1) is 17.0. The van der Waals surface area contributed by atoms with E-state index in [4.69, 9.17) is 4.98 Å². The van der Waals surface area contributed by atoms with E-state index in [0.29, 0.717) is 0 Å². The summed E-state index contributed by atoms with van der Waals surface area (Å²) in [6, 6.07) is 25.6. The van der Waals surface area contributed by atoms with Gasteiger partial charge in [0.25, 0.3) is 0 Å². The van der Waals surface area contributed by atoms with Crippen LogP contribution in [0.3, 0.4) is 0 Å². The number of hydrogen-bond donors (Lipinski definition) is 0. The van der Waals surface area contributed by atoms with E-state index in [0.717, 1.165) is 28.6 Å². The van der Waals surface area contributed by atoms with Crippen LogP contribution in [0.5, 0.6) is 0 Å². The third-order valence-corrected chi connectivity index (χ3v) is 9.16. The summed E-state index contributed by atoms with van der Waals surface area (Å²) in [5.41, 5.74) is 4.83. The Labute approximate surface area is 166 Å². The van der Waals surface area contributed by atoms with Gasteiger partial charge in [-0.3, -0.25) is 0 Å². The molecule has 1 aliphatic rings. The lowest BCUT2D eigenvalue weighted by Crippen LogP contribution is -2.49. The summed E-state index contributed by atoms with van der Waals surface area (Å²) in [5.74, 6) is 2.21. The van der Waals surface area contributed by atoms with Crippen molar-refractivity contribution in [2.75, 3.05) is 0 Å². The molecule has 4 heteroatoms. The van der Waals surface area contributed by atoms with Gasteiger partial charge in [-0.15, -0.1) is 0 Å². The van der Waals surface area contributed by atoms with Crippen LogP contribution in [-0.4, -0.2) is 23.0 Å². The normalized spacial score (nSPS) is 13.8. The lowest BCUT2D eigenvalue weighted by atomic mass is 10.0. The largest absolute Gasteiger partial charge is 0.213 e. The molecule has 1 aliphatic heterocycles. The van der Waals surface area contributed by atoms with Gasteiger partial charge in [-0.25, -0.2) is 15.0 Å². The molecule has 0 radical (unpaired) electrons. The summed E-state index contributed by atoms with van der Waals surface area (Å²) < 4.78 is 0. The maximum atomic E-state index is 4.79. The maximum absolute atomic E-state index is 4.79. The van der Waals surface area contributed by atoms with Gasteiger partial charge in [0.15, 0.2) is 11.6 Å². The quantitative estimate of drug-likeness (QED) is 0.487. The van der Waals surface area contributed by atoms with Crippen LogP contribution in [-0.2, 0) is 0 Å². The molecule has 2 heterocycles. The average Bonchev–Trinajstić information content (AvgIpc) is 2.95. The summed E-state index contributed by atoms with van der Waals surface area (Å²) in [5, 5.41) is 2.98. The van der Waals surface area contributed by atoms with Crippen molar-refractivity contribution in [1.82, 2.24) is 15.0 Å². The van der Waals surface area contributed by atoms with Crippen LogP contribution in [0.15, 0.2) is 72.8 Å². The second kappa shape index (κ2) is 6.21. The zero-order valence-corrected chi connectivity index (χ0v) is 17.3. The fourth-order valence-corrected chi connectivity index (χ4v) is 7.27. The zero-order chi connectivity index (χ0) is 19.3. The molecule has 0 fully saturated rings. The summed E-state index contributed by atoms with van der Waals surface area (Å²) in [4.78, 5) is 14.0. The van der Waals surface area contributed by atoms with E-state index in [9.17, 15) is 0 Å². The Morgan fingerprint density at radius 2 is 1.25 bits per heavy atom. The van der Waals surface area contributed by atoms with Crippen molar-refractivity contribution in [2.24, 2.45) is 0 Å². The molecule has 0 bridgehead atoms. The number of aromatic nitrogens is 3. The van der Waals surface area contributed by atoms with Gasteiger partial charge >= 0.3 is 0 Å². The topological polar surface area (TPSA) is 38.7 Å². The molecule has 0 saturated heterocycles. The van der Waals surface area contributed by atoms with Crippen LogP contribution in [0.25, 0.3) is 33.9 Å². The first-order valence-electron chi connectivity index (χ1n) is 9.57. The van der Waals surface area contributed by atoms with Crippen molar-refractivity contribution in [3.05, 3.63) is 78.6 Å². The molecule has 3 nitrogen and oxygen atoms in total. The summed E-state index contributed by atoms with van der Waals surface area (Å²) >= 11 is 0. The highest BCUT2D eigenvalue weighted by Gasteiger charge is 2.37. The highest BCUT2D eigenvalue weighted by Crippen LogP contribution is 2.30. The van der Waals surface area contributed by atoms with Gasteiger partial charge in [-0.05, 0) is 28.4 Å². The van der Waals surface area contributed by atoms with Crippen LogP contribution >= 0.6 is 0 Å². The maximum Gasteiger partial charge on any atom is 0.163 e. The SMILES string of the molecule is Cc1nc(-c2ccccc2)nc(-c2ccc3c(c2)[Si](C)(C)c2ccccc2-3)n1. The van der Waals surface area contributed by atoms with E-state index >= 15 is 0 Å². The molecule has 0 N–H and O–H groups in total. The van der Waals surface area contributed by atoms with Crippen LogP contribution in [0.2, 0.25) is 13.1 Å². The van der Waals surface area contributed by atoms with Crippen LogP contribution in [0.1, 0.15) is 5.82 Å². The Balaban J connectivity index is 1.65. The van der Waals surface area contributed by atoms with Gasteiger partial charge in [-0.2, -0.15) is 0 Å². The third-order valence-electron chi connectivity index (χ3n) is 5.62. The van der Waals surface area contributed by atoms with Gasteiger partial charge in [0, 0.05) is 11.1 Å². The summed E-state index contributed by atoms with van der Waals surface area (Å²) in [6.45, 7) is 6.78. The lowest BCUT2D eigenvalue weighted by Gasteiger charge is -2.19. The minimum Gasteiger partial charge on any atom is -0.213 e. The number of hydrogen-bond acceptors (Lipinski definition) is 3. The van der Waals surface area contributed by atoms with Crippen molar-refractivity contribution >= 4 is 18.4 Å². The minimum atomic E-state index is -1.71. The molecular weight excluding hydrogens is 358 g/mol. The second-order valence-corrected chi connectivity index (χ2v) is 12.2. The summed E-state index contributed by atoms with van der Waals surface area (Å²) in [7, 11) is -1.71. The Bertz CT molecular complexity index is 1200. The standard InChI is InChI=1S/C24H21N3Si/c1-16-25-23(17-9-5-4-6-10-17)27-24(26-16)18-13-14-20-19-11-7-8-12-21(19)28(2,3)22(20)15-18/h4-15H,1-3H3. The molecule has 0 amide bonds. The predicted molar refractivity (Wildman–Crippen MR) is 118 cm³/mol. The number of benzene rings is 3. The van der Waals surface area contributed by atoms with Crippen LogP contribution in [0, 0.1) is 6.92 Å². The van der Waals surface area contributed by atoms with Crippen molar-refractivity contribution in [3.63, 3.8) is 0 Å². The van der Waals surface area contributed by atoms with E-state index in [1.807, 2.05) is 37.3 Å². The van der Waals surface area contributed by atoms with Gasteiger partial charge < -0.3 is 0 Å². The second-order valence-electron chi connectivity index (χ2n) is 7.83. The smallest absolute Gasteiger partial charge is 0.163 e. The van der Waals surface area contributed by atoms with Gasteiger partial charge in [0.2, 0.25) is 0 Å². The molecule has 28 heavy (non-hydrogen) atoms. The number of rotatable bonds is 2.